The number of hydrogen-bond donors (Lipinski definition) is 1. The molecule has 2 atom stereocenters. The average Bonchev–Trinajstić information content (AvgIpc) is 1.90. The fourth-order valence-electron chi connectivity index (χ4n) is 0.493. The van der Waals surface area contributed by atoms with Gasteiger partial charge in [-0.1, -0.05) is 12.2 Å². The van der Waals surface area contributed by atoms with Crippen molar-refractivity contribution in [3.63, 3.8) is 0 Å². The Morgan fingerprint density at radius 3 is 2.00 bits per heavy atom. The topological polar surface area (TPSA) is 23.9 Å². The smallest absolute Gasteiger partial charge is 0.0768 e. The van der Waals surface area contributed by atoms with Crippen LogP contribution in [0.15, 0.2) is 25.3 Å². The van der Waals surface area contributed by atoms with Gasteiger partial charge in [0.25, 0.3) is 0 Å². The van der Waals surface area contributed by atoms with Crippen LogP contribution in [0.5, 0.6) is 0 Å². The Morgan fingerprint density at radius 1 is 1.33 bits per heavy atom. The Morgan fingerprint density at radius 2 is 1.89 bits per heavy atom. The maximum Gasteiger partial charge on any atom is 0.0768 e. The largest absolute Gasteiger partial charge is 0.313 e. The van der Waals surface area contributed by atoms with E-state index in [1.54, 1.807) is 12.2 Å². The van der Waals surface area contributed by atoms with E-state index in [0.717, 1.165) is 0 Å². The standard InChI is InChI=1S/C7H10BN/c1-3-6(5-9)7(8)4-2/h3-7,9H,1-2H2. The molecule has 0 aliphatic heterocycles. The second kappa shape index (κ2) is 4.13. The zero-order valence-corrected chi connectivity index (χ0v) is 5.38. The molecule has 0 saturated heterocycles. The lowest BCUT2D eigenvalue weighted by Crippen LogP contribution is -2.04. The van der Waals surface area contributed by atoms with Gasteiger partial charge in [0.15, 0.2) is 0 Å². The van der Waals surface area contributed by atoms with Crippen LogP contribution in [0.3, 0.4) is 0 Å². The molecule has 0 rings (SSSR count). The van der Waals surface area contributed by atoms with E-state index in [9.17, 15) is 0 Å². The maximum absolute atomic E-state index is 6.87. The van der Waals surface area contributed by atoms with E-state index in [1.165, 1.54) is 6.21 Å². The third-order valence-corrected chi connectivity index (χ3v) is 1.18. The number of nitrogens with one attached hydrogen (secondary N) is 1. The molecule has 9 heavy (non-hydrogen) atoms. The highest BCUT2D eigenvalue weighted by atomic mass is 14.3. The van der Waals surface area contributed by atoms with Gasteiger partial charge in [0.2, 0.25) is 0 Å². The molecule has 0 aromatic heterocycles. The first-order valence-electron chi connectivity index (χ1n) is 2.77. The lowest BCUT2D eigenvalue weighted by Gasteiger charge is -2.09. The van der Waals surface area contributed by atoms with E-state index >= 15 is 0 Å². The van der Waals surface area contributed by atoms with Crippen molar-refractivity contribution in [1.29, 1.82) is 5.41 Å². The molecule has 0 spiro atoms. The van der Waals surface area contributed by atoms with Crippen LogP contribution in [0.4, 0.5) is 0 Å². The Kier molecular flexibility index (Phi) is 3.77. The second-order valence-electron chi connectivity index (χ2n) is 1.79. The van der Waals surface area contributed by atoms with Crippen molar-refractivity contribution in [1.82, 2.24) is 0 Å². The minimum absolute atomic E-state index is 0.0671. The molecule has 2 heteroatoms. The molecule has 0 aliphatic carbocycles. The van der Waals surface area contributed by atoms with Gasteiger partial charge in [0, 0.05) is 12.1 Å². The van der Waals surface area contributed by atoms with E-state index in [4.69, 9.17) is 13.3 Å². The summed E-state index contributed by atoms with van der Waals surface area (Å²) in [6, 6.07) is 0. The van der Waals surface area contributed by atoms with Crippen molar-refractivity contribution in [3.8, 4) is 0 Å². The monoisotopic (exact) mass is 119 g/mol. The van der Waals surface area contributed by atoms with Crippen LogP contribution >= 0.6 is 0 Å². The van der Waals surface area contributed by atoms with Gasteiger partial charge >= 0.3 is 0 Å². The molecule has 0 amide bonds. The number of hydrogen-bond acceptors (Lipinski definition) is 1. The van der Waals surface area contributed by atoms with E-state index in [1.807, 2.05) is 0 Å². The third-order valence-electron chi connectivity index (χ3n) is 1.18. The van der Waals surface area contributed by atoms with Crippen molar-refractivity contribution in [3.05, 3.63) is 25.3 Å². The fraction of sp³-hybridized carbons (Fsp3) is 0.286. The quantitative estimate of drug-likeness (QED) is 0.330. The lowest BCUT2D eigenvalue weighted by atomic mass is 9.77. The minimum atomic E-state index is -0.167. The SMILES string of the molecule is [B]C(C=C)C(C=C)C=N. The zero-order chi connectivity index (χ0) is 7.28. The van der Waals surface area contributed by atoms with Crippen LogP contribution in [0.1, 0.15) is 0 Å². The predicted octanol–water partition coefficient (Wildman–Crippen LogP) is 1.58. The zero-order valence-electron chi connectivity index (χ0n) is 5.38. The van der Waals surface area contributed by atoms with Crippen molar-refractivity contribution in [2.75, 3.05) is 0 Å². The Balaban J connectivity index is 3.92. The molecule has 46 valence electrons. The first kappa shape index (κ1) is 8.21. The highest BCUT2D eigenvalue weighted by Gasteiger charge is 2.04. The van der Waals surface area contributed by atoms with E-state index in [-0.39, 0.29) is 11.7 Å². The summed E-state index contributed by atoms with van der Waals surface area (Å²) in [5.74, 6) is -0.234. The van der Waals surface area contributed by atoms with Crippen molar-refractivity contribution >= 4 is 14.1 Å². The molecule has 0 fully saturated rings. The molecule has 0 aliphatic rings. The minimum Gasteiger partial charge on any atom is -0.313 e. The van der Waals surface area contributed by atoms with E-state index in [2.05, 4.69) is 13.2 Å². The molecule has 0 heterocycles. The van der Waals surface area contributed by atoms with Gasteiger partial charge in [-0.2, -0.15) is 0 Å². The Bertz CT molecular complexity index is 112. The molecular formula is C7H10BN. The molecule has 0 saturated carbocycles. The van der Waals surface area contributed by atoms with Crippen LogP contribution in [-0.2, 0) is 0 Å². The summed E-state index contributed by atoms with van der Waals surface area (Å²) in [5.41, 5.74) is 0. The van der Waals surface area contributed by atoms with Gasteiger partial charge in [-0.05, 0) is 5.82 Å². The molecule has 1 N–H and O–H groups in total. The highest BCUT2D eigenvalue weighted by Crippen LogP contribution is 2.13. The summed E-state index contributed by atoms with van der Waals surface area (Å²) in [6.07, 6.45) is 4.51. The molecule has 2 unspecified atom stereocenters. The fourth-order valence-corrected chi connectivity index (χ4v) is 0.493. The van der Waals surface area contributed by atoms with Crippen LogP contribution in [0.25, 0.3) is 0 Å². The summed E-state index contributed by atoms with van der Waals surface area (Å²) in [4.78, 5) is 0. The summed E-state index contributed by atoms with van der Waals surface area (Å²) in [7, 11) is 5.50. The van der Waals surface area contributed by atoms with Crippen LogP contribution in [0, 0.1) is 11.3 Å². The van der Waals surface area contributed by atoms with Crippen molar-refractivity contribution in [2.45, 2.75) is 5.82 Å². The van der Waals surface area contributed by atoms with Gasteiger partial charge in [-0.15, -0.1) is 13.2 Å². The summed E-state index contributed by atoms with van der Waals surface area (Å²) in [6.45, 7) is 7.02. The first-order valence-corrected chi connectivity index (χ1v) is 2.77. The van der Waals surface area contributed by atoms with Crippen molar-refractivity contribution in [2.24, 2.45) is 5.92 Å². The van der Waals surface area contributed by atoms with Crippen molar-refractivity contribution < 1.29 is 0 Å². The van der Waals surface area contributed by atoms with Gasteiger partial charge < -0.3 is 5.41 Å². The summed E-state index contributed by atoms with van der Waals surface area (Å²) in [5, 5.41) is 6.87. The van der Waals surface area contributed by atoms with Gasteiger partial charge in [0.1, 0.15) is 0 Å². The number of allylic oxidation sites excluding steroid dienone is 2. The Hall–Kier alpha value is -0.785. The molecule has 1 nitrogen and oxygen atoms in total. The molecule has 2 radical (unpaired) electrons. The third kappa shape index (κ3) is 2.31. The second-order valence-corrected chi connectivity index (χ2v) is 1.79. The number of rotatable bonds is 4. The molecule has 0 aromatic rings. The van der Waals surface area contributed by atoms with Crippen LogP contribution < -0.4 is 0 Å². The molecule has 0 bridgehead atoms. The summed E-state index contributed by atoms with van der Waals surface area (Å²) < 4.78 is 0. The van der Waals surface area contributed by atoms with E-state index < -0.39 is 0 Å². The van der Waals surface area contributed by atoms with Gasteiger partial charge in [-0.3, -0.25) is 0 Å². The predicted molar refractivity (Wildman–Crippen MR) is 42.2 cm³/mol. The molecular weight excluding hydrogens is 109 g/mol. The molecule has 0 aromatic carbocycles. The normalized spacial score (nSPS) is 15.6. The highest BCUT2D eigenvalue weighted by molar-refractivity contribution is 6.14. The van der Waals surface area contributed by atoms with Crippen LogP contribution in [0.2, 0.25) is 5.82 Å². The summed E-state index contributed by atoms with van der Waals surface area (Å²) >= 11 is 0. The van der Waals surface area contributed by atoms with Gasteiger partial charge in [0.05, 0.1) is 7.85 Å². The maximum atomic E-state index is 6.87. The first-order chi connectivity index (χ1) is 4.26. The van der Waals surface area contributed by atoms with Crippen LogP contribution in [-0.4, -0.2) is 14.1 Å². The average molecular weight is 119 g/mol. The van der Waals surface area contributed by atoms with E-state index in [0.29, 0.717) is 0 Å². The lowest BCUT2D eigenvalue weighted by molar-refractivity contribution is 0.894. The van der Waals surface area contributed by atoms with Gasteiger partial charge in [-0.25, -0.2) is 0 Å². The Labute approximate surface area is 57.4 Å².